The van der Waals surface area contributed by atoms with Crippen molar-refractivity contribution in [3.63, 3.8) is 0 Å². The monoisotopic (exact) mass is 250 g/mol. The van der Waals surface area contributed by atoms with Gasteiger partial charge in [-0.2, -0.15) is 5.26 Å². The summed E-state index contributed by atoms with van der Waals surface area (Å²) in [7, 11) is 0. The highest BCUT2D eigenvalue weighted by Crippen LogP contribution is 2.34. The van der Waals surface area contributed by atoms with E-state index in [1.54, 1.807) is 4.90 Å². The molecule has 1 amide bonds. The summed E-state index contributed by atoms with van der Waals surface area (Å²) in [5.41, 5.74) is 0. The Hall–Kier alpha value is -1.08. The number of carbonyl (C=O) groups excluding carboxylic acids is 1. The fourth-order valence-electron chi connectivity index (χ4n) is 3.21. The van der Waals surface area contributed by atoms with Gasteiger partial charge in [0, 0.05) is 6.54 Å². The van der Waals surface area contributed by atoms with Crippen LogP contribution in [0.25, 0.3) is 0 Å². The largest absolute Gasteiger partial charge is 0.374 e. The SMILES string of the molecule is CC1OC(C)C(C(=O)N2CCCCC2C#N)C1C. The van der Waals surface area contributed by atoms with Crippen LogP contribution in [0, 0.1) is 23.2 Å². The van der Waals surface area contributed by atoms with Gasteiger partial charge in [-0.1, -0.05) is 6.92 Å². The number of nitrogens with zero attached hydrogens (tertiary/aromatic N) is 2. The fourth-order valence-corrected chi connectivity index (χ4v) is 3.21. The minimum absolute atomic E-state index is 0.0382. The first-order valence-electron chi connectivity index (χ1n) is 6.91. The molecular weight excluding hydrogens is 228 g/mol. The quantitative estimate of drug-likeness (QED) is 0.714. The van der Waals surface area contributed by atoms with Crippen molar-refractivity contribution in [3.8, 4) is 6.07 Å². The van der Waals surface area contributed by atoms with Gasteiger partial charge in [0.25, 0.3) is 0 Å². The van der Waals surface area contributed by atoms with E-state index in [9.17, 15) is 4.79 Å². The Labute approximate surface area is 109 Å². The van der Waals surface area contributed by atoms with Crippen molar-refractivity contribution in [2.75, 3.05) is 6.54 Å². The third-order valence-electron chi connectivity index (χ3n) is 4.46. The van der Waals surface area contributed by atoms with Crippen LogP contribution < -0.4 is 0 Å². The third kappa shape index (κ3) is 2.24. The lowest BCUT2D eigenvalue weighted by Crippen LogP contribution is -2.48. The molecule has 5 atom stereocenters. The summed E-state index contributed by atoms with van der Waals surface area (Å²) in [6.07, 6.45) is 2.96. The second-order valence-electron chi connectivity index (χ2n) is 5.60. The number of piperidine rings is 1. The summed E-state index contributed by atoms with van der Waals surface area (Å²) >= 11 is 0. The molecule has 0 bridgehead atoms. The van der Waals surface area contributed by atoms with Gasteiger partial charge < -0.3 is 9.64 Å². The van der Waals surface area contributed by atoms with Crippen LogP contribution in [0.1, 0.15) is 40.0 Å². The van der Waals surface area contributed by atoms with Gasteiger partial charge in [0.2, 0.25) is 5.91 Å². The molecule has 2 saturated heterocycles. The maximum absolute atomic E-state index is 12.6. The Kier molecular flexibility index (Phi) is 3.91. The smallest absolute Gasteiger partial charge is 0.229 e. The first-order chi connectivity index (χ1) is 8.56. The summed E-state index contributed by atoms with van der Waals surface area (Å²) < 4.78 is 5.74. The summed E-state index contributed by atoms with van der Waals surface area (Å²) in [6.45, 7) is 6.78. The Morgan fingerprint density at radius 2 is 2.00 bits per heavy atom. The minimum Gasteiger partial charge on any atom is -0.374 e. The Balaban J connectivity index is 2.13. The summed E-state index contributed by atoms with van der Waals surface area (Å²) in [4.78, 5) is 14.4. The maximum atomic E-state index is 12.6. The molecule has 2 rings (SSSR count). The van der Waals surface area contributed by atoms with Crippen LogP contribution in [0.4, 0.5) is 0 Å². The van der Waals surface area contributed by atoms with Crippen molar-refractivity contribution in [1.82, 2.24) is 4.90 Å². The zero-order valence-electron chi connectivity index (χ0n) is 11.4. The van der Waals surface area contributed by atoms with Gasteiger partial charge in [0.15, 0.2) is 0 Å². The lowest BCUT2D eigenvalue weighted by molar-refractivity contribution is -0.140. The molecule has 2 fully saturated rings. The fraction of sp³-hybridized carbons (Fsp3) is 0.857. The summed E-state index contributed by atoms with van der Waals surface area (Å²) in [5, 5.41) is 9.16. The Morgan fingerprint density at radius 1 is 1.28 bits per heavy atom. The molecule has 0 aliphatic carbocycles. The number of amides is 1. The topological polar surface area (TPSA) is 53.3 Å². The lowest BCUT2D eigenvalue weighted by Gasteiger charge is -2.34. The van der Waals surface area contributed by atoms with Crippen molar-refractivity contribution in [2.45, 2.75) is 58.3 Å². The highest BCUT2D eigenvalue weighted by atomic mass is 16.5. The molecule has 0 aromatic carbocycles. The summed E-state index contributed by atoms with van der Waals surface area (Å²) in [5.74, 6) is 0.258. The van der Waals surface area contributed by atoms with Crippen LogP contribution in [-0.4, -0.2) is 35.6 Å². The average molecular weight is 250 g/mol. The number of likely N-dealkylation sites (tertiary alicyclic amines) is 1. The van der Waals surface area contributed by atoms with E-state index in [-0.39, 0.29) is 36.0 Å². The molecule has 0 saturated carbocycles. The number of hydrogen-bond donors (Lipinski definition) is 0. The molecule has 18 heavy (non-hydrogen) atoms. The second kappa shape index (κ2) is 5.27. The minimum atomic E-state index is -0.235. The van der Waals surface area contributed by atoms with Crippen molar-refractivity contribution < 1.29 is 9.53 Å². The van der Waals surface area contributed by atoms with E-state index in [2.05, 4.69) is 13.0 Å². The molecule has 2 aliphatic rings. The van der Waals surface area contributed by atoms with Crippen molar-refractivity contribution >= 4 is 5.91 Å². The van der Waals surface area contributed by atoms with E-state index in [0.29, 0.717) is 0 Å². The van der Waals surface area contributed by atoms with Crippen LogP contribution in [-0.2, 0) is 9.53 Å². The van der Waals surface area contributed by atoms with E-state index in [1.165, 1.54) is 0 Å². The highest BCUT2D eigenvalue weighted by Gasteiger charge is 2.44. The predicted molar refractivity (Wildman–Crippen MR) is 67.6 cm³/mol. The van der Waals surface area contributed by atoms with Crippen LogP contribution in [0.3, 0.4) is 0 Å². The standard InChI is InChI=1S/C14H22N2O2/c1-9-10(2)18-11(3)13(9)14(17)16-7-5-4-6-12(16)8-15/h9-13H,4-7H2,1-3H3. The number of ether oxygens (including phenoxy) is 1. The molecule has 4 heteroatoms. The van der Waals surface area contributed by atoms with Gasteiger partial charge in [0.1, 0.15) is 6.04 Å². The number of carbonyl (C=O) groups is 1. The number of hydrogen-bond acceptors (Lipinski definition) is 3. The van der Waals surface area contributed by atoms with E-state index in [0.717, 1.165) is 25.8 Å². The molecule has 0 spiro atoms. The highest BCUT2D eigenvalue weighted by molar-refractivity contribution is 5.80. The molecule has 2 aliphatic heterocycles. The molecule has 0 aromatic rings. The van der Waals surface area contributed by atoms with Crippen LogP contribution >= 0.6 is 0 Å². The van der Waals surface area contributed by atoms with Crippen LogP contribution in [0.15, 0.2) is 0 Å². The van der Waals surface area contributed by atoms with E-state index in [4.69, 9.17) is 10.00 Å². The second-order valence-corrected chi connectivity index (χ2v) is 5.60. The van der Waals surface area contributed by atoms with Crippen molar-refractivity contribution in [1.29, 1.82) is 5.26 Å². The van der Waals surface area contributed by atoms with Crippen LogP contribution in [0.2, 0.25) is 0 Å². The maximum Gasteiger partial charge on any atom is 0.229 e. The summed E-state index contributed by atoms with van der Waals surface area (Å²) in [6, 6.07) is 2.03. The molecule has 0 aromatic heterocycles. The normalized spacial score (nSPS) is 40.6. The first kappa shape index (κ1) is 13.4. The van der Waals surface area contributed by atoms with Crippen molar-refractivity contribution in [3.05, 3.63) is 0 Å². The zero-order valence-corrected chi connectivity index (χ0v) is 11.4. The molecular formula is C14H22N2O2. The Bertz CT molecular complexity index is 363. The van der Waals surface area contributed by atoms with Gasteiger partial charge in [-0.05, 0) is 39.0 Å². The molecule has 0 radical (unpaired) electrons. The van der Waals surface area contributed by atoms with E-state index < -0.39 is 0 Å². The van der Waals surface area contributed by atoms with Gasteiger partial charge in [-0.15, -0.1) is 0 Å². The lowest BCUT2D eigenvalue weighted by atomic mass is 9.87. The zero-order chi connectivity index (χ0) is 13.3. The Morgan fingerprint density at radius 3 is 2.56 bits per heavy atom. The van der Waals surface area contributed by atoms with Crippen LogP contribution in [0.5, 0.6) is 0 Å². The number of nitriles is 1. The molecule has 5 unspecified atom stereocenters. The van der Waals surface area contributed by atoms with Gasteiger partial charge in [-0.3, -0.25) is 4.79 Å². The van der Waals surface area contributed by atoms with E-state index in [1.807, 2.05) is 13.8 Å². The van der Waals surface area contributed by atoms with Gasteiger partial charge in [0.05, 0.1) is 24.2 Å². The van der Waals surface area contributed by atoms with Gasteiger partial charge >= 0.3 is 0 Å². The van der Waals surface area contributed by atoms with E-state index >= 15 is 0 Å². The molecule has 4 nitrogen and oxygen atoms in total. The average Bonchev–Trinajstić information content (AvgIpc) is 2.62. The number of rotatable bonds is 1. The first-order valence-corrected chi connectivity index (χ1v) is 6.91. The van der Waals surface area contributed by atoms with Crippen molar-refractivity contribution in [2.24, 2.45) is 11.8 Å². The van der Waals surface area contributed by atoms with Gasteiger partial charge in [-0.25, -0.2) is 0 Å². The predicted octanol–water partition coefficient (Wildman–Crippen LogP) is 1.95. The molecule has 2 heterocycles. The molecule has 100 valence electrons. The third-order valence-corrected chi connectivity index (χ3v) is 4.46. The molecule has 0 N–H and O–H groups in total.